The van der Waals surface area contributed by atoms with E-state index in [4.69, 9.17) is 9.47 Å². The SMILES string of the molecule is CCCOC(=O)Oc1ccc(C(C)(C)C)cc1. The van der Waals surface area contributed by atoms with Crippen LogP contribution in [-0.2, 0) is 10.2 Å². The quantitative estimate of drug-likeness (QED) is 0.589. The van der Waals surface area contributed by atoms with Crippen LogP contribution in [0.15, 0.2) is 24.3 Å². The van der Waals surface area contributed by atoms with Gasteiger partial charge in [-0.2, -0.15) is 0 Å². The third-order valence-electron chi connectivity index (χ3n) is 2.35. The molecule has 0 bridgehead atoms. The number of hydrogen-bond donors (Lipinski definition) is 0. The summed E-state index contributed by atoms with van der Waals surface area (Å²) in [5, 5.41) is 0. The van der Waals surface area contributed by atoms with Crippen molar-refractivity contribution in [3.05, 3.63) is 29.8 Å². The van der Waals surface area contributed by atoms with Crippen molar-refractivity contribution in [1.82, 2.24) is 0 Å². The maximum absolute atomic E-state index is 11.2. The van der Waals surface area contributed by atoms with Gasteiger partial charge in [0.2, 0.25) is 0 Å². The minimum Gasteiger partial charge on any atom is -0.434 e. The van der Waals surface area contributed by atoms with E-state index in [-0.39, 0.29) is 5.41 Å². The van der Waals surface area contributed by atoms with Crippen molar-refractivity contribution in [2.75, 3.05) is 6.61 Å². The Morgan fingerprint density at radius 1 is 1.18 bits per heavy atom. The molecule has 0 radical (unpaired) electrons. The van der Waals surface area contributed by atoms with E-state index in [1.165, 1.54) is 5.56 Å². The molecular weight excluding hydrogens is 216 g/mol. The molecule has 0 aliphatic heterocycles. The lowest BCUT2D eigenvalue weighted by molar-refractivity contribution is 0.0991. The molecule has 0 aromatic heterocycles. The van der Waals surface area contributed by atoms with Gasteiger partial charge in [-0.1, -0.05) is 39.8 Å². The highest BCUT2D eigenvalue weighted by Crippen LogP contribution is 2.24. The van der Waals surface area contributed by atoms with Crippen LogP contribution in [0.1, 0.15) is 39.7 Å². The molecular formula is C14H20O3. The lowest BCUT2D eigenvalue weighted by Crippen LogP contribution is -2.12. The highest BCUT2D eigenvalue weighted by Gasteiger charge is 2.13. The van der Waals surface area contributed by atoms with E-state index >= 15 is 0 Å². The molecule has 94 valence electrons. The molecule has 0 aliphatic carbocycles. The van der Waals surface area contributed by atoms with Gasteiger partial charge in [0.05, 0.1) is 6.61 Å². The Bertz CT molecular complexity index is 360. The second-order valence-electron chi connectivity index (χ2n) is 4.97. The lowest BCUT2D eigenvalue weighted by Gasteiger charge is -2.18. The van der Waals surface area contributed by atoms with E-state index in [0.29, 0.717) is 12.4 Å². The van der Waals surface area contributed by atoms with Gasteiger partial charge < -0.3 is 9.47 Å². The van der Waals surface area contributed by atoms with Crippen LogP contribution < -0.4 is 4.74 Å². The van der Waals surface area contributed by atoms with Crippen molar-refractivity contribution in [2.24, 2.45) is 0 Å². The Morgan fingerprint density at radius 3 is 2.24 bits per heavy atom. The molecule has 0 heterocycles. The second kappa shape index (κ2) is 5.71. The van der Waals surface area contributed by atoms with Gasteiger partial charge in [-0.25, -0.2) is 4.79 Å². The fraction of sp³-hybridized carbons (Fsp3) is 0.500. The normalized spacial score (nSPS) is 11.1. The number of benzene rings is 1. The minimum absolute atomic E-state index is 0.0985. The molecule has 1 rings (SSSR count). The summed E-state index contributed by atoms with van der Waals surface area (Å²) in [4.78, 5) is 11.2. The molecule has 0 unspecified atom stereocenters. The molecule has 0 N–H and O–H groups in total. The molecule has 0 aliphatic rings. The zero-order chi connectivity index (χ0) is 12.9. The fourth-order valence-electron chi connectivity index (χ4n) is 1.33. The van der Waals surface area contributed by atoms with Crippen LogP contribution in [0.2, 0.25) is 0 Å². The van der Waals surface area contributed by atoms with Crippen LogP contribution in [0.5, 0.6) is 5.75 Å². The van der Waals surface area contributed by atoms with Gasteiger partial charge in [0, 0.05) is 0 Å². The van der Waals surface area contributed by atoms with E-state index in [0.717, 1.165) is 6.42 Å². The largest absolute Gasteiger partial charge is 0.513 e. The molecule has 0 amide bonds. The Balaban J connectivity index is 2.60. The zero-order valence-electron chi connectivity index (χ0n) is 10.9. The summed E-state index contributed by atoms with van der Waals surface area (Å²) in [6.07, 6.45) is 0.147. The number of rotatable bonds is 3. The summed E-state index contributed by atoms with van der Waals surface area (Å²) in [6.45, 7) is 8.74. The molecule has 1 aromatic rings. The van der Waals surface area contributed by atoms with Crippen molar-refractivity contribution in [2.45, 2.75) is 39.5 Å². The summed E-state index contributed by atoms with van der Waals surface area (Å²) in [5.74, 6) is 0.513. The number of hydrogen-bond acceptors (Lipinski definition) is 3. The Kier molecular flexibility index (Phi) is 4.55. The highest BCUT2D eigenvalue weighted by molar-refractivity contribution is 5.63. The summed E-state index contributed by atoms with van der Waals surface area (Å²) < 4.78 is 9.85. The molecule has 3 nitrogen and oxygen atoms in total. The van der Waals surface area contributed by atoms with E-state index < -0.39 is 6.16 Å². The van der Waals surface area contributed by atoms with Gasteiger partial charge in [0.1, 0.15) is 5.75 Å². The third-order valence-corrected chi connectivity index (χ3v) is 2.35. The maximum atomic E-state index is 11.2. The predicted octanol–water partition coefficient (Wildman–Crippen LogP) is 3.91. The van der Waals surface area contributed by atoms with Crippen molar-refractivity contribution in [1.29, 1.82) is 0 Å². The van der Waals surface area contributed by atoms with Crippen LogP contribution in [0.3, 0.4) is 0 Å². The first-order chi connectivity index (χ1) is 7.93. The zero-order valence-corrected chi connectivity index (χ0v) is 10.9. The van der Waals surface area contributed by atoms with E-state index in [1.807, 2.05) is 19.1 Å². The van der Waals surface area contributed by atoms with Gasteiger partial charge in [0.15, 0.2) is 0 Å². The van der Waals surface area contributed by atoms with Crippen molar-refractivity contribution >= 4 is 6.16 Å². The number of carbonyl (C=O) groups is 1. The molecule has 0 saturated carbocycles. The second-order valence-corrected chi connectivity index (χ2v) is 4.97. The van der Waals surface area contributed by atoms with E-state index in [9.17, 15) is 4.79 Å². The number of carbonyl (C=O) groups excluding carboxylic acids is 1. The predicted molar refractivity (Wildman–Crippen MR) is 67.4 cm³/mol. The first-order valence-electron chi connectivity index (χ1n) is 5.88. The molecule has 0 saturated heterocycles. The summed E-state index contributed by atoms with van der Waals surface area (Å²) in [7, 11) is 0. The summed E-state index contributed by atoms with van der Waals surface area (Å²) in [5.41, 5.74) is 1.30. The monoisotopic (exact) mass is 236 g/mol. The Hall–Kier alpha value is -1.51. The van der Waals surface area contributed by atoms with Crippen molar-refractivity contribution < 1.29 is 14.3 Å². The van der Waals surface area contributed by atoms with Crippen LogP contribution >= 0.6 is 0 Å². The van der Waals surface area contributed by atoms with Crippen LogP contribution in [0.4, 0.5) is 4.79 Å². The standard InChI is InChI=1S/C14H20O3/c1-5-10-16-13(15)17-12-8-6-11(7-9-12)14(2,3)4/h6-9H,5,10H2,1-4H3. The summed E-state index contributed by atoms with van der Waals surface area (Å²) >= 11 is 0. The highest BCUT2D eigenvalue weighted by atomic mass is 16.7. The first-order valence-corrected chi connectivity index (χ1v) is 5.88. The smallest absolute Gasteiger partial charge is 0.434 e. The molecule has 0 fully saturated rings. The molecule has 0 spiro atoms. The Labute approximate surface area is 103 Å². The maximum Gasteiger partial charge on any atom is 0.513 e. The molecule has 1 aromatic carbocycles. The lowest BCUT2D eigenvalue weighted by atomic mass is 9.87. The minimum atomic E-state index is -0.643. The van der Waals surface area contributed by atoms with E-state index in [2.05, 4.69) is 20.8 Å². The topological polar surface area (TPSA) is 35.5 Å². The first kappa shape index (κ1) is 13.6. The van der Waals surface area contributed by atoms with Gasteiger partial charge in [-0.05, 0) is 29.5 Å². The molecule has 0 atom stereocenters. The van der Waals surface area contributed by atoms with Crippen LogP contribution in [-0.4, -0.2) is 12.8 Å². The van der Waals surface area contributed by atoms with Crippen LogP contribution in [0.25, 0.3) is 0 Å². The van der Waals surface area contributed by atoms with Gasteiger partial charge >= 0.3 is 6.16 Å². The Morgan fingerprint density at radius 2 is 1.76 bits per heavy atom. The van der Waals surface area contributed by atoms with Gasteiger partial charge in [0.25, 0.3) is 0 Å². The van der Waals surface area contributed by atoms with Gasteiger partial charge in [-0.3, -0.25) is 0 Å². The van der Waals surface area contributed by atoms with Crippen LogP contribution in [0, 0.1) is 0 Å². The molecule has 17 heavy (non-hydrogen) atoms. The third kappa shape index (κ3) is 4.47. The molecule has 3 heteroatoms. The number of ether oxygens (including phenoxy) is 2. The van der Waals surface area contributed by atoms with Gasteiger partial charge in [-0.15, -0.1) is 0 Å². The average molecular weight is 236 g/mol. The van der Waals surface area contributed by atoms with Crippen molar-refractivity contribution in [3.63, 3.8) is 0 Å². The fourth-order valence-corrected chi connectivity index (χ4v) is 1.33. The average Bonchev–Trinajstić information content (AvgIpc) is 2.26. The van der Waals surface area contributed by atoms with E-state index in [1.54, 1.807) is 12.1 Å². The van der Waals surface area contributed by atoms with Crippen molar-refractivity contribution in [3.8, 4) is 5.75 Å². The summed E-state index contributed by atoms with van der Waals surface area (Å²) in [6, 6.07) is 7.49.